The number of ether oxygens (including phenoxy) is 2. The van der Waals surface area contributed by atoms with Gasteiger partial charge < -0.3 is 20.1 Å². The fraction of sp³-hybridized carbons (Fsp3) is 0.381. The van der Waals surface area contributed by atoms with Crippen molar-refractivity contribution in [2.24, 2.45) is 0 Å². The predicted octanol–water partition coefficient (Wildman–Crippen LogP) is 7.54. The highest BCUT2D eigenvalue weighted by molar-refractivity contribution is 6.41. The molecule has 0 bridgehead atoms. The molecule has 2 aliphatic rings. The highest BCUT2D eigenvalue weighted by atomic mass is 16.6. The summed E-state index contributed by atoms with van der Waals surface area (Å²) in [7, 11) is 0. The number of amides is 6. The van der Waals surface area contributed by atoms with Crippen LogP contribution >= 0.6 is 0 Å². The summed E-state index contributed by atoms with van der Waals surface area (Å²) in [6.45, 7) is 11.8. The number of imide groups is 2. The van der Waals surface area contributed by atoms with Crippen molar-refractivity contribution in [1.29, 1.82) is 0 Å². The average molecular weight is 733 g/mol. The van der Waals surface area contributed by atoms with Crippen LogP contribution in [0.25, 0.3) is 43.1 Å². The summed E-state index contributed by atoms with van der Waals surface area (Å²) in [4.78, 5) is 81.9. The molecular weight excluding hydrogens is 688 g/mol. The summed E-state index contributed by atoms with van der Waals surface area (Å²) in [6, 6.07) is 14.6. The number of nitrogens with zero attached hydrogens (tertiary/aromatic N) is 2. The first kappa shape index (κ1) is 36.6. The quantitative estimate of drug-likeness (QED) is 0.0647. The molecule has 12 nitrogen and oxygen atoms in total. The molecule has 2 heterocycles. The van der Waals surface area contributed by atoms with Crippen LogP contribution in [0.2, 0.25) is 0 Å². The number of alkyl carbamates (subject to hydrolysis) is 2. The zero-order valence-electron chi connectivity index (χ0n) is 31.4. The second kappa shape index (κ2) is 13.6. The van der Waals surface area contributed by atoms with Crippen molar-refractivity contribution in [3.8, 4) is 0 Å². The second-order valence-electron chi connectivity index (χ2n) is 15.9. The number of rotatable bonds is 10. The molecule has 6 amide bonds. The lowest BCUT2D eigenvalue weighted by molar-refractivity contribution is 0.0513. The molecule has 5 aromatic carbocycles. The third-order valence-corrected chi connectivity index (χ3v) is 9.76. The summed E-state index contributed by atoms with van der Waals surface area (Å²) in [6.07, 6.45) is 1.09. The first-order chi connectivity index (χ1) is 25.6. The van der Waals surface area contributed by atoms with E-state index in [0.29, 0.717) is 71.8 Å². The molecule has 0 atom stereocenters. The normalized spacial score (nSPS) is 14.6. The molecule has 7 rings (SSSR count). The van der Waals surface area contributed by atoms with E-state index < -0.39 is 23.4 Å². The summed E-state index contributed by atoms with van der Waals surface area (Å²) >= 11 is 0. The zero-order chi connectivity index (χ0) is 38.7. The molecule has 2 aliphatic heterocycles. The van der Waals surface area contributed by atoms with E-state index in [1.807, 2.05) is 24.3 Å². The molecule has 0 aliphatic carbocycles. The standard InChI is InChI=1S/C42H44N4O8/c1-41(2,3)53-39(51)43-19-7-9-21-45-35(47)27-15-11-23-25-13-17-29-34-30(18-14-26(32(25)34)24-12-16-28(36(45)48)33(27)31(23)24)38(50)46(37(29)49)22-10-8-20-44-40(52)54-42(4,5)6/h11-18H,7-10,19-22H2,1-6H3,(H,43,51)(H,44,52). The van der Waals surface area contributed by atoms with E-state index in [9.17, 15) is 28.8 Å². The maximum atomic E-state index is 13.8. The highest BCUT2D eigenvalue weighted by Gasteiger charge is 2.36. The maximum Gasteiger partial charge on any atom is 0.407 e. The van der Waals surface area contributed by atoms with E-state index in [-0.39, 0.29) is 36.7 Å². The van der Waals surface area contributed by atoms with Crippen molar-refractivity contribution in [3.63, 3.8) is 0 Å². The Morgan fingerprint density at radius 3 is 1.06 bits per heavy atom. The summed E-state index contributed by atoms with van der Waals surface area (Å²) < 4.78 is 10.5. The van der Waals surface area contributed by atoms with Gasteiger partial charge in [-0.2, -0.15) is 0 Å². The van der Waals surface area contributed by atoms with Crippen molar-refractivity contribution in [2.75, 3.05) is 26.2 Å². The first-order valence-corrected chi connectivity index (χ1v) is 18.4. The van der Waals surface area contributed by atoms with Gasteiger partial charge in [-0.3, -0.25) is 29.0 Å². The van der Waals surface area contributed by atoms with Crippen LogP contribution in [0.3, 0.4) is 0 Å². The highest BCUT2D eigenvalue weighted by Crippen LogP contribution is 2.46. The number of fused-ring (bicyclic) bond motifs is 2. The van der Waals surface area contributed by atoms with Crippen LogP contribution in [0.1, 0.15) is 109 Å². The van der Waals surface area contributed by atoms with Crippen LogP contribution in [0.15, 0.2) is 48.5 Å². The number of carbonyl (C=O) groups is 6. The van der Waals surface area contributed by atoms with Crippen molar-refractivity contribution in [1.82, 2.24) is 20.4 Å². The van der Waals surface area contributed by atoms with Crippen LogP contribution in [0, 0.1) is 0 Å². The zero-order valence-corrected chi connectivity index (χ0v) is 31.4. The Balaban J connectivity index is 1.14. The molecule has 0 radical (unpaired) electrons. The molecule has 0 unspecified atom stereocenters. The topological polar surface area (TPSA) is 151 Å². The Bertz CT molecular complexity index is 2120. The molecule has 2 N–H and O–H groups in total. The van der Waals surface area contributed by atoms with Gasteiger partial charge in [0, 0.05) is 59.2 Å². The van der Waals surface area contributed by atoms with Gasteiger partial charge in [0.25, 0.3) is 23.6 Å². The van der Waals surface area contributed by atoms with E-state index in [0.717, 1.165) is 32.3 Å². The molecule has 5 aromatic rings. The van der Waals surface area contributed by atoms with Crippen molar-refractivity contribution >= 4 is 78.9 Å². The fourth-order valence-electron chi connectivity index (χ4n) is 7.57. The largest absolute Gasteiger partial charge is 0.444 e. The molecule has 0 fully saturated rings. The number of hydrogen-bond donors (Lipinski definition) is 2. The van der Waals surface area contributed by atoms with Gasteiger partial charge in [-0.05, 0) is 124 Å². The summed E-state index contributed by atoms with van der Waals surface area (Å²) in [5.41, 5.74) is 0.544. The van der Waals surface area contributed by atoms with Crippen LogP contribution in [-0.4, -0.2) is 83.0 Å². The fourth-order valence-corrected chi connectivity index (χ4v) is 7.57. The van der Waals surface area contributed by atoms with Crippen molar-refractivity contribution in [3.05, 3.63) is 70.8 Å². The van der Waals surface area contributed by atoms with Gasteiger partial charge in [-0.1, -0.05) is 24.3 Å². The minimum Gasteiger partial charge on any atom is -0.444 e. The van der Waals surface area contributed by atoms with Gasteiger partial charge in [0.15, 0.2) is 0 Å². The lowest BCUT2D eigenvalue weighted by Crippen LogP contribution is -2.41. The Morgan fingerprint density at radius 1 is 0.481 bits per heavy atom. The summed E-state index contributed by atoms with van der Waals surface area (Å²) in [5, 5.41) is 11.5. The van der Waals surface area contributed by atoms with Gasteiger partial charge in [-0.25, -0.2) is 9.59 Å². The first-order valence-electron chi connectivity index (χ1n) is 18.4. The molecule has 0 aromatic heterocycles. The van der Waals surface area contributed by atoms with Gasteiger partial charge in [0.1, 0.15) is 11.2 Å². The van der Waals surface area contributed by atoms with E-state index in [4.69, 9.17) is 9.47 Å². The van der Waals surface area contributed by atoms with Crippen LogP contribution in [-0.2, 0) is 9.47 Å². The molecular formula is C42H44N4O8. The molecule has 0 saturated heterocycles. The lowest BCUT2D eigenvalue weighted by atomic mass is 9.82. The Labute approximate surface area is 312 Å². The van der Waals surface area contributed by atoms with Crippen molar-refractivity contribution < 1.29 is 38.2 Å². The monoisotopic (exact) mass is 732 g/mol. The van der Waals surface area contributed by atoms with E-state index in [2.05, 4.69) is 10.6 Å². The van der Waals surface area contributed by atoms with Crippen molar-refractivity contribution in [2.45, 2.75) is 78.4 Å². The number of hydrogen-bond acceptors (Lipinski definition) is 8. The van der Waals surface area contributed by atoms with E-state index in [1.165, 1.54) is 9.80 Å². The second-order valence-corrected chi connectivity index (χ2v) is 15.9. The molecule has 0 saturated carbocycles. The Kier molecular flexibility index (Phi) is 9.19. The smallest absolute Gasteiger partial charge is 0.407 e. The van der Waals surface area contributed by atoms with Gasteiger partial charge in [0.05, 0.1) is 0 Å². The minimum atomic E-state index is -0.605. The lowest BCUT2D eigenvalue weighted by Gasteiger charge is -2.30. The van der Waals surface area contributed by atoms with E-state index >= 15 is 0 Å². The van der Waals surface area contributed by atoms with Gasteiger partial charge >= 0.3 is 12.2 Å². The van der Waals surface area contributed by atoms with Gasteiger partial charge in [0.2, 0.25) is 0 Å². The third-order valence-electron chi connectivity index (χ3n) is 9.76. The predicted molar refractivity (Wildman–Crippen MR) is 205 cm³/mol. The molecule has 12 heteroatoms. The summed E-state index contributed by atoms with van der Waals surface area (Å²) in [5.74, 6) is -1.48. The van der Waals surface area contributed by atoms with E-state index in [1.54, 1.807) is 65.8 Å². The van der Waals surface area contributed by atoms with Crippen LogP contribution in [0.4, 0.5) is 9.59 Å². The van der Waals surface area contributed by atoms with Crippen LogP contribution in [0.5, 0.6) is 0 Å². The molecule has 54 heavy (non-hydrogen) atoms. The number of carbonyl (C=O) groups excluding carboxylic acids is 6. The molecule has 280 valence electrons. The molecule has 0 spiro atoms. The Hall–Kier alpha value is -5.78. The SMILES string of the molecule is CC(C)(C)OC(=O)NCCCCN1C(=O)c2ccc3c4ccc5c6c(ccc(c7ccc(c2c37)C1=O)c64)C(=O)N(CCCCNC(=O)OC(C)(C)C)C5=O. The van der Waals surface area contributed by atoms with Gasteiger partial charge in [-0.15, -0.1) is 0 Å². The average Bonchev–Trinajstić information content (AvgIpc) is 3.09. The number of benzene rings is 5. The maximum absolute atomic E-state index is 13.8. The number of nitrogens with one attached hydrogen (secondary N) is 2. The Morgan fingerprint density at radius 2 is 0.778 bits per heavy atom. The third kappa shape index (κ3) is 6.54. The minimum absolute atomic E-state index is 0.202. The number of unbranched alkanes of at least 4 members (excludes halogenated alkanes) is 2. The van der Waals surface area contributed by atoms with Crippen LogP contribution < -0.4 is 10.6 Å².